The largest absolute Gasteiger partial charge is 0.445 e. The fraction of sp³-hybridized carbons (Fsp3) is 0.655. The molecule has 12 heteroatoms. The Morgan fingerprint density at radius 1 is 0.951 bits per heavy atom. The summed E-state index contributed by atoms with van der Waals surface area (Å²) in [6.45, 7) is 2.99. The Bertz CT molecular complexity index is 964. The van der Waals surface area contributed by atoms with Gasteiger partial charge in [0.25, 0.3) is 0 Å². The maximum atomic E-state index is 13.0. The fourth-order valence-electron chi connectivity index (χ4n) is 5.11. The first kappa shape index (κ1) is 32.3. The lowest BCUT2D eigenvalue weighted by atomic mass is 9.81. The number of nitrogens with one attached hydrogen (secondary N) is 3. The van der Waals surface area contributed by atoms with Crippen molar-refractivity contribution in [2.45, 2.75) is 51.2 Å². The van der Waals surface area contributed by atoms with Crippen molar-refractivity contribution in [1.29, 1.82) is 0 Å². The van der Waals surface area contributed by atoms with Crippen molar-refractivity contribution in [2.75, 3.05) is 59.2 Å². The van der Waals surface area contributed by atoms with E-state index in [2.05, 4.69) is 16.0 Å². The lowest BCUT2D eigenvalue weighted by molar-refractivity contribution is -0.132. The molecular weight excluding hydrogens is 530 g/mol. The van der Waals surface area contributed by atoms with Crippen LogP contribution < -0.4 is 21.7 Å². The van der Waals surface area contributed by atoms with Gasteiger partial charge in [0.05, 0.1) is 19.8 Å². The first-order valence-electron chi connectivity index (χ1n) is 14.6. The second-order valence-corrected chi connectivity index (χ2v) is 10.5. The zero-order chi connectivity index (χ0) is 29.3. The van der Waals surface area contributed by atoms with Crippen molar-refractivity contribution in [3.8, 4) is 0 Å². The zero-order valence-electron chi connectivity index (χ0n) is 23.8. The van der Waals surface area contributed by atoms with Crippen LogP contribution in [0.3, 0.4) is 0 Å². The molecule has 1 aromatic rings. The molecule has 0 aromatic heterocycles. The molecule has 2 fully saturated rings. The van der Waals surface area contributed by atoms with Crippen LogP contribution in [-0.2, 0) is 35.2 Å². The van der Waals surface area contributed by atoms with Gasteiger partial charge < -0.3 is 40.8 Å². The number of fused-ring (bicyclic) bond motifs is 1. The lowest BCUT2D eigenvalue weighted by Crippen LogP contribution is -2.49. The van der Waals surface area contributed by atoms with Crippen LogP contribution in [-0.4, -0.2) is 93.9 Å². The third-order valence-corrected chi connectivity index (χ3v) is 7.39. The zero-order valence-corrected chi connectivity index (χ0v) is 23.8. The molecule has 0 bridgehead atoms. The van der Waals surface area contributed by atoms with Gasteiger partial charge in [0, 0.05) is 32.6 Å². The molecule has 0 unspecified atom stereocenters. The van der Waals surface area contributed by atoms with Crippen LogP contribution in [0.25, 0.3) is 0 Å². The molecule has 228 valence electrons. The Morgan fingerprint density at radius 2 is 1.76 bits per heavy atom. The van der Waals surface area contributed by atoms with Gasteiger partial charge in [-0.05, 0) is 56.0 Å². The summed E-state index contributed by atoms with van der Waals surface area (Å²) < 4.78 is 16.4. The second kappa shape index (κ2) is 18.3. The van der Waals surface area contributed by atoms with Gasteiger partial charge in [-0.1, -0.05) is 30.3 Å². The van der Waals surface area contributed by atoms with E-state index in [-0.39, 0.29) is 56.0 Å². The standard InChI is InChI=1S/C29H45N5O7/c30-11-5-4-8-25-28(37)32-12-9-24-19-34(29(38)41-20-22-6-2-1-3-7-22)14-10-23(24)18-26(35)31-13-15-39-16-17-40-21-27(36)33-25/h1-3,6-7,23-25H,4-5,8-21,30H2,(H,31,35)(H,32,37)(H,33,36)/t23-,24-,25-/m0/s1. The molecule has 4 amide bonds. The number of benzene rings is 1. The number of nitrogens with zero attached hydrogens (tertiary/aromatic N) is 1. The molecule has 5 N–H and O–H groups in total. The van der Waals surface area contributed by atoms with Crippen LogP contribution in [0.15, 0.2) is 30.3 Å². The van der Waals surface area contributed by atoms with Gasteiger partial charge in [0.2, 0.25) is 17.7 Å². The van der Waals surface area contributed by atoms with Crippen molar-refractivity contribution < 1.29 is 33.4 Å². The average molecular weight is 576 g/mol. The topological polar surface area (TPSA) is 161 Å². The van der Waals surface area contributed by atoms with Gasteiger partial charge in [-0.2, -0.15) is 0 Å². The molecule has 2 aliphatic rings. The molecule has 3 atom stereocenters. The normalized spacial score (nSPS) is 24.0. The third-order valence-electron chi connectivity index (χ3n) is 7.39. The van der Waals surface area contributed by atoms with Crippen LogP contribution >= 0.6 is 0 Å². The summed E-state index contributed by atoms with van der Waals surface area (Å²) in [4.78, 5) is 52.7. The van der Waals surface area contributed by atoms with Gasteiger partial charge >= 0.3 is 6.09 Å². The number of unbranched alkanes of at least 4 members (excludes halogenated alkanes) is 1. The maximum Gasteiger partial charge on any atom is 0.410 e. The molecule has 3 rings (SSSR count). The highest BCUT2D eigenvalue weighted by atomic mass is 16.6. The predicted octanol–water partition coefficient (Wildman–Crippen LogP) is 0.935. The van der Waals surface area contributed by atoms with E-state index in [0.29, 0.717) is 71.4 Å². The summed E-state index contributed by atoms with van der Waals surface area (Å²) in [5.74, 6) is -0.699. The number of hydrogen-bond donors (Lipinski definition) is 4. The molecular formula is C29H45N5O7. The first-order chi connectivity index (χ1) is 20.0. The lowest BCUT2D eigenvalue weighted by Gasteiger charge is -2.38. The Labute approximate surface area is 242 Å². The molecule has 2 heterocycles. The SMILES string of the molecule is NCCCC[C@@H]1NC(=O)COCCOCCNC(=O)C[C@@H]2CCN(C(=O)OCc3ccccc3)C[C@@H]2CCNC1=O. The molecule has 0 radical (unpaired) electrons. The number of amides is 4. The summed E-state index contributed by atoms with van der Waals surface area (Å²) in [6.07, 6.45) is 3.06. The molecule has 2 saturated heterocycles. The molecule has 0 aliphatic carbocycles. The van der Waals surface area contributed by atoms with Crippen LogP contribution in [0.4, 0.5) is 4.79 Å². The van der Waals surface area contributed by atoms with Gasteiger partial charge in [0.15, 0.2) is 0 Å². The van der Waals surface area contributed by atoms with E-state index in [1.54, 1.807) is 4.90 Å². The minimum Gasteiger partial charge on any atom is -0.445 e. The molecule has 41 heavy (non-hydrogen) atoms. The number of rotatable bonds is 6. The summed E-state index contributed by atoms with van der Waals surface area (Å²) in [7, 11) is 0. The van der Waals surface area contributed by atoms with Crippen molar-refractivity contribution in [3.63, 3.8) is 0 Å². The summed E-state index contributed by atoms with van der Waals surface area (Å²) in [5.41, 5.74) is 6.52. The molecule has 12 nitrogen and oxygen atoms in total. The number of carbonyl (C=O) groups is 4. The minimum atomic E-state index is -0.701. The highest BCUT2D eigenvalue weighted by molar-refractivity contribution is 5.88. The fourth-order valence-corrected chi connectivity index (χ4v) is 5.11. The van der Waals surface area contributed by atoms with Crippen molar-refractivity contribution in [1.82, 2.24) is 20.9 Å². The monoisotopic (exact) mass is 575 g/mol. The van der Waals surface area contributed by atoms with Crippen LogP contribution in [0.5, 0.6) is 0 Å². The van der Waals surface area contributed by atoms with Gasteiger partial charge in [-0.3, -0.25) is 14.4 Å². The van der Waals surface area contributed by atoms with Crippen LogP contribution in [0.1, 0.15) is 44.1 Å². The van der Waals surface area contributed by atoms with Crippen molar-refractivity contribution >= 4 is 23.8 Å². The summed E-state index contributed by atoms with van der Waals surface area (Å²) in [5, 5.41) is 8.61. The first-order valence-corrected chi connectivity index (χ1v) is 14.6. The molecule has 0 saturated carbocycles. The Balaban J connectivity index is 1.63. The van der Waals surface area contributed by atoms with E-state index < -0.39 is 12.1 Å². The summed E-state index contributed by atoms with van der Waals surface area (Å²) >= 11 is 0. The number of likely N-dealkylation sites (tertiary alicyclic amines) is 1. The molecule has 1 aromatic carbocycles. The molecule has 2 aliphatic heterocycles. The Hall–Kier alpha value is -3.22. The Kier molecular flexibility index (Phi) is 14.4. The van der Waals surface area contributed by atoms with E-state index in [9.17, 15) is 19.2 Å². The van der Waals surface area contributed by atoms with Crippen molar-refractivity contribution in [3.05, 3.63) is 35.9 Å². The van der Waals surface area contributed by atoms with Crippen LogP contribution in [0.2, 0.25) is 0 Å². The third kappa shape index (κ3) is 12.0. The Morgan fingerprint density at radius 3 is 2.56 bits per heavy atom. The van der Waals surface area contributed by atoms with E-state index in [1.165, 1.54) is 0 Å². The quantitative estimate of drug-likeness (QED) is 0.365. The molecule has 0 spiro atoms. The van der Waals surface area contributed by atoms with E-state index in [0.717, 1.165) is 12.0 Å². The number of nitrogens with two attached hydrogens (primary N) is 1. The van der Waals surface area contributed by atoms with Gasteiger partial charge in [-0.15, -0.1) is 0 Å². The smallest absolute Gasteiger partial charge is 0.410 e. The average Bonchev–Trinajstić information content (AvgIpc) is 2.97. The highest BCUT2D eigenvalue weighted by Gasteiger charge is 2.33. The summed E-state index contributed by atoms with van der Waals surface area (Å²) in [6, 6.07) is 8.80. The second-order valence-electron chi connectivity index (χ2n) is 10.5. The number of piperidine rings is 1. The number of carbonyl (C=O) groups excluding carboxylic acids is 4. The maximum absolute atomic E-state index is 13.0. The van der Waals surface area contributed by atoms with E-state index >= 15 is 0 Å². The van der Waals surface area contributed by atoms with Crippen LogP contribution in [0, 0.1) is 11.8 Å². The van der Waals surface area contributed by atoms with Crippen molar-refractivity contribution in [2.24, 2.45) is 17.6 Å². The van der Waals surface area contributed by atoms with E-state index in [4.69, 9.17) is 19.9 Å². The van der Waals surface area contributed by atoms with E-state index in [1.807, 2.05) is 30.3 Å². The number of hydrogen-bond acceptors (Lipinski definition) is 8. The predicted molar refractivity (Wildman–Crippen MR) is 152 cm³/mol. The minimum absolute atomic E-state index is 0.0175. The van der Waals surface area contributed by atoms with Gasteiger partial charge in [0.1, 0.15) is 19.3 Å². The van der Waals surface area contributed by atoms with Gasteiger partial charge in [-0.25, -0.2) is 4.79 Å². The highest BCUT2D eigenvalue weighted by Crippen LogP contribution is 2.29. The number of ether oxygens (including phenoxy) is 3.